The van der Waals surface area contributed by atoms with E-state index in [9.17, 15) is 0 Å². The summed E-state index contributed by atoms with van der Waals surface area (Å²) in [6.45, 7) is 0.314. The van der Waals surface area contributed by atoms with E-state index in [0.717, 1.165) is 16.8 Å². The van der Waals surface area contributed by atoms with Crippen molar-refractivity contribution >= 4 is 51.3 Å². The predicted octanol–water partition coefficient (Wildman–Crippen LogP) is 7.05. The van der Waals surface area contributed by atoms with Crippen LogP contribution in [0.1, 0.15) is 5.56 Å². The summed E-state index contributed by atoms with van der Waals surface area (Å²) in [6, 6.07) is 12.8. The zero-order valence-corrected chi connectivity index (χ0v) is 14.8. The monoisotopic (exact) mass is 381 g/mol. The molecule has 0 atom stereocenters. The highest BCUT2D eigenvalue weighted by atomic mass is 35.5. The molecular formula is C16H10Cl3N3S. The number of aromatic nitrogens is 1. The van der Waals surface area contributed by atoms with Crippen molar-refractivity contribution in [3.8, 4) is 11.3 Å². The molecule has 0 saturated carbocycles. The highest BCUT2D eigenvalue weighted by Crippen LogP contribution is 2.29. The Labute approximate surface area is 152 Å². The summed E-state index contributed by atoms with van der Waals surface area (Å²) in [5, 5.41) is 12.6. The van der Waals surface area contributed by atoms with Gasteiger partial charge in [-0.15, -0.1) is 16.5 Å². The Morgan fingerprint density at radius 3 is 2.35 bits per heavy atom. The fourth-order valence-electron chi connectivity index (χ4n) is 1.91. The smallest absolute Gasteiger partial charge is 0.217 e. The van der Waals surface area contributed by atoms with E-state index in [1.807, 2.05) is 29.6 Å². The second kappa shape index (κ2) is 7.41. The molecule has 0 saturated heterocycles. The Morgan fingerprint density at radius 1 is 0.957 bits per heavy atom. The molecule has 3 aromatic rings. The van der Waals surface area contributed by atoms with Crippen LogP contribution in [0.2, 0.25) is 15.1 Å². The molecular weight excluding hydrogens is 373 g/mol. The molecule has 0 bridgehead atoms. The fourth-order valence-corrected chi connectivity index (χ4v) is 3.22. The standard InChI is InChI=1S/C16H10Cl3N3S/c17-11-6-4-10(5-7-11)15-9-23-16(21-15)22-20-8-12-13(18)2-1-3-14(12)19/h1-7,9H,8H2. The van der Waals surface area contributed by atoms with Crippen LogP contribution in [-0.2, 0) is 6.54 Å². The summed E-state index contributed by atoms with van der Waals surface area (Å²) in [6.07, 6.45) is 0. The van der Waals surface area contributed by atoms with Gasteiger partial charge in [-0.05, 0) is 24.3 Å². The predicted molar refractivity (Wildman–Crippen MR) is 97.2 cm³/mol. The number of hydrogen-bond acceptors (Lipinski definition) is 4. The first-order valence-corrected chi connectivity index (χ1v) is 8.66. The van der Waals surface area contributed by atoms with Crippen LogP contribution in [0.3, 0.4) is 0 Å². The summed E-state index contributed by atoms with van der Waals surface area (Å²) in [5.41, 5.74) is 2.59. The third-order valence-electron chi connectivity index (χ3n) is 3.08. The van der Waals surface area contributed by atoms with Crippen molar-refractivity contribution in [1.29, 1.82) is 0 Å². The molecule has 0 amide bonds. The maximum atomic E-state index is 6.10. The molecule has 1 aromatic heterocycles. The van der Waals surface area contributed by atoms with E-state index >= 15 is 0 Å². The second-order valence-electron chi connectivity index (χ2n) is 4.62. The molecule has 3 rings (SSSR count). The average molecular weight is 383 g/mol. The molecule has 0 radical (unpaired) electrons. The van der Waals surface area contributed by atoms with Gasteiger partial charge in [0, 0.05) is 31.6 Å². The summed E-state index contributed by atoms with van der Waals surface area (Å²) in [4.78, 5) is 4.44. The van der Waals surface area contributed by atoms with Crippen molar-refractivity contribution < 1.29 is 0 Å². The van der Waals surface area contributed by atoms with Gasteiger partial charge < -0.3 is 0 Å². The van der Waals surface area contributed by atoms with Gasteiger partial charge in [-0.2, -0.15) is 5.11 Å². The number of azo groups is 1. The Bertz CT molecular complexity index is 824. The maximum absolute atomic E-state index is 6.10. The van der Waals surface area contributed by atoms with Gasteiger partial charge in [0.15, 0.2) is 0 Å². The first kappa shape index (κ1) is 16.4. The number of rotatable bonds is 4. The van der Waals surface area contributed by atoms with Crippen molar-refractivity contribution in [2.24, 2.45) is 10.2 Å². The van der Waals surface area contributed by atoms with E-state index in [1.165, 1.54) is 11.3 Å². The number of halogens is 3. The molecule has 2 aromatic carbocycles. The van der Waals surface area contributed by atoms with Gasteiger partial charge in [0.2, 0.25) is 5.13 Å². The number of benzene rings is 2. The van der Waals surface area contributed by atoms with Crippen LogP contribution >= 0.6 is 46.1 Å². The van der Waals surface area contributed by atoms with Gasteiger partial charge >= 0.3 is 0 Å². The molecule has 7 heteroatoms. The summed E-state index contributed by atoms with van der Waals surface area (Å²) < 4.78 is 0. The Balaban J connectivity index is 1.73. The quantitative estimate of drug-likeness (QED) is 0.445. The fraction of sp³-hybridized carbons (Fsp3) is 0.0625. The third kappa shape index (κ3) is 4.09. The normalized spacial score (nSPS) is 11.3. The number of thiazole rings is 1. The lowest BCUT2D eigenvalue weighted by molar-refractivity contribution is 0.956. The van der Waals surface area contributed by atoms with Crippen molar-refractivity contribution in [2.45, 2.75) is 6.54 Å². The second-order valence-corrected chi connectivity index (χ2v) is 6.71. The summed E-state index contributed by atoms with van der Waals surface area (Å²) in [5.74, 6) is 0. The molecule has 1 heterocycles. The van der Waals surface area contributed by atoms with E-state index in [1.54, 1.807) is 18.2 Å². The minimum absolute atomic E-state index is 0.314. The van der Waals surface area contributed by atoms with E-state index in [4.69, 9.17) is 34.8 Å². The van der Waals surface area contributed by atoms with Crippen molar-refractivity contribution in [3.63, 3.8) is 0 Å². The Kier molecular flexibility index (Phi) is 5.28. The minimum Gasteiger partial charge on any atom is -0.217 e. The molecule has 3 nitrogen and oxygen atoms in total. The van der Waals surface area contributed by atoms with E-state index in [-0.39, 0.29) is 0 Å². The van der Waals surface area contributed by atoms with Gasteiger partial charge in [-0.25, -0.2) is 4.98 Å². The highest BCUT2D eigenvalue weighted by Gasteiger charge is 2.06. The molecule has 0 unspecified atom stereocenters. The molecule has 0 N–H and O–H groups in total. The summed E-state index contributed by atoms with van der Waals surface area (Å²) in [7, 11) is 0. The van der Waals surface area contributed by atoms with Gasteiger partial charge in [0.25, 0.3) is 0 Å². The highest BCUT2D eigenvalue weighted by molar-refractivity contribution is 7.13. The number of hydrogen-bond donors (Lipinski definition) is 0. The molecule has 0 aliphatic heterocycles. The van der Waals surface area contributed by atoms with Crippen molar-refractivity contribution in [1.82, 2.24) is 4.98 Å². The Hall–Kier alpha value is -1.46. The lowest BCUT2D eigenvalue weighted by Gasteiger charge is -2.01. The SMILES string of the molecule is Clc1ccc(-c2csc(N=NCc3c(Cl)cccc3Cl)n2)cc1. The van der Waals surface area contributed by atoms with Crippen LogP contribution in [0.15, 0.2) is 58.1 Å². The van der Waals surface area contributed by atoms with E-state index in [0.29, 0.717) is 26.7 Å². The molecule has 116 valence electrons. The maximum Gasteiger partial charge on any atom is 0.230 e. The zero-order valence-electron chi connectivity index (χ0n) is 11.7. The molecule has 0 fully saturated rings. The number of nitrogens with zero attached hydrogens (tertiary/aromatic N) is 3. The van der Waals surface area contributed by atoms with Gasteiger partial charge in [-0.3, -0.25) is 0 Å². The molecule has 23 heavy (non-hydrogen) atoms. The van der Waals surface area contributed by atoms with Crippen molar-refractivity contribution in [3.05, 3.63) is 68.5 Å². The largest absolute Gasteiger partial charge is 0.230 e. The van der Waals surface area contributed by atoms with E-state index in [2.05, 4.69) is 15.2 Å². The first-order chi connectivity index (χ1) is 11.1. The molecule has 0 aliphatic carbocycles. The average Bonchev–Trinajstić information content (AvgIpc) is 3.00. The van der Waals surface area contributed by atoms with E-state index < -0.39 is 0 Å². The lowest BCUT2D eigenvalue weighted by Crippen LogP contribution is -1.84. The summed E-state index contributed by atoms with van der Waals surface area (Å²) >= 11 is 19.5. The van der Waals surface area contributed by atoms with Crippen LogP contribution in [-0.4, -0.2) is 4.98 Å². The Morgan fingerprint density at radius 2 is 1.65 bits per heavy atom. The van der Waals surface area contributed by atoms with Crippen LogP contribution in [0.25, 0.3) is 11.3 Å². The van der Waals surface area contributed by atoms with Crippen LogP contribution in [0.5, 0.6) is 0 Å². The van der Waals surface area contributed by atoms with Gasteiger partial charge in [0.1, 0.15) is 0 Å². The third-order valence-corrected chi connectivity index (χ3v) is 4.76. The van der Waals surface area contributed by atoms with Crippen LogP contribution in [0, 0.1) is 0 Å². The minimum atomic E-state index is 0.314. The van der Waals surface area contributed by atoms with Gasteiger partial charge in [0.05, 0.1) is 12.2 Å². The molecule has 0 spiro atoms. The first-order valence-electron chi connectivity index (χ1n) is 6.65. The van der Waals surface area contributed by atoms with Crippen LogP contribution < -0.4 is 0 Å². The molecule has 0 aliphatic rings. The van der Waals surface area contributed by atoms with Gasteiger partial charge in [-0.1, -0.05) is 53.0 Å². The van der Waals surface area contributed by atoms with Crippen LogP contribution in [0.4, 0.5) is 5.13 Å². The lowest BCUT2D eigenvalue weighted by atomic mass is 10.2. The van der Waals surface area contributed by atoms with Crippen molar-refractivity contribution in [2.75, 3.05) is 0 Å². The topological polar surface area (TPSA) is 37.6 Å². The zero-order chi connectivity index (χ0) is 16.2.